The van der Waals surface area contributed by atoms with Gasteiger partial charge in [-0.3, -0.25) is 4.90 Å². The van der Waals surface area contributed by atoms with E-state index < -0.39 is 0 Å². The second-order valence-electron chi connectivity index (χ2n) is 5.65. The minimum atomic E-state index is 0.293. The molecular formula is C14H28N2S. The first-order valence-corrected chi connectivity index (χ1v) is 8.38. The second kappa shape index (κ2) is 5.94. The van der Waals surface area contributed by atoms with Crippen molar-refractivity contribution < 1.29 is 0 Å². The van der Waals surface area contributed by atoms with Crippen molar-refractivity contribution in [1.29, 1.82) is 0 Å². The number of rotatable bonds is 4. The zero-order chi connectivity index (χ0) is 12.3. The monoisotopic (exact) mass is 256 g/mol. The van der Waals surface area contributed by atoms with Gasteiger partial charge in [0.05, 0.1) is 0 Å². The Balaban J connectivity index is 2.14. The standard InChI is InChI=1S/C14H28N2S/c1-3-16(13-7-5-4-6-8-13)14(11-15)9-10-17-12(14)2/h12-13H,3-11,15H2,1-2H3. The van der Waals surface area contributed by atoms with Crippen molar-refractivity contribution >= 4 is 11.8 Å². The topological polar surface area (TPSA) is 29.3 Å². The molecule has 0 bridgehead atoms. The van der Waals surface area contributed by atoms with E-state index in [1.807, 2.05) is 0 Å². The summed E-state index contributed by atoms with van der Waals surface area (Å²) in [6.07, 6.45) is 8.36. The third kappa shape index (κ3) is 2.52. The number of nitrogens with two attached hydrogens (primary N) is 1. The number of hydrogen-bond donors (Lipinski definition) is 1. The largest absolute Gasteiger partial charge is 0.329 e. The van der Waals surface area contributed by atoms with E-state index in [-0.39, 0.29) is 0 Å². The van der Waals surface area contributed by atoms with E-state index in [0.717, 1.165) is 12.6 Å². The summed E-state index contributed by atoms with van der Waals surface area (Å²) in [7, 11) is 0. The van der Waals surface area contributed by atoms with Crippen LogP contribution >= 0.6 is 11.8 Å². The minimum absolute atomic E-state index is 0.293. The van der Waals surface area contributed by atoms with Crippen molar-refractivity contribution in [3.63, 3.8) is 0 Å². The first-order chi connectivity index (χ1) is 8.24. The molecule has 3 heteroatoms. The molecule has 2 unspecified atom stereocenters. The summed E-state index contributed by atoms with van der Waals surface area (Å²) in [6.45, 7) is 6.72. The van der Waals surface area contributed by atoms with Crippen LogP contribution in [0.1, 0.15) is 52.4 Å². The maximum atomic E-state index is 6.19. The number of hydrogen-bond acceptors (Lipinski definition) is 3. The van der Waals surface area contributed by atoms with Gasteiger partial charge in [0, 0.05) is 23.4 Å². The Kier molecular flexibility index (Phi) is 4.79. The minimum Gasteiger partial charge on any atom is -0.329 e. The summed E-state index contributed by atoms with van der Waals surface area (Å²) in [6, 6.07) is 0.804. The highest BCUT2D eigenvalue weighted by atomic mass is 32.2. The maximum Gasteiger partial charge on any atom is 0.0458 e. The van der Waals surface area contributed by atoms with E-state index in [9.17, 15) is 0 Å². The molecule has 2 aliphatic rings. The van der Waals surface area contributed by atoms with Crippen LogP contribution in [0.5, 0.6) is 0 Å². The Hall–Kier alpha value is 0.270. The fourth-order valence-corrected chi connectivity index (χ4v) is 5.35. The Morgan fingerprint density at radius 1 is 1.29 bits per heavy atom. The van der Waals surface area contributed by atoms with E-state index in [0.29, 0.717) is 10.8 Å². The lowest BCUT2D eigenvalue weighted by Crippen LogP contribution is -2.61. The lowest BCUT2D eigenvalue weighted by Gasteiger charge is -2.48. The van der Waals surface area contributed by atoms with E-state index in [1.54, 1.807) is 0 Å². The third-order valence-electron chi connectivity index (χ3n) is 4.94. The molecule has 100 valence electrons. The Bertz CT molecular complexity index is 240. The first-order valence-electron chi connectivity index (χ1n) is 7.33. The molecule has 1 saturated heterocycles. The zero-order valence-electron chi connectivity index (χ0n) is 11.5. The van der Waals surface area contributed by atoms with E-state index >= 15 is 0 Å². The van der Waals surface area contributed by atoms with Crippen molar-refractivity contribution in [1.82, 2.24) is 4.90 Å². The molecule has 0 aromatic carbocycles. The van der Waals surface area contributed by atoms with Gasteiger partial charge >= 0.3 is 0 Å². The van der Waals surface area contributed by atoms with Crippen LogP contribution in [0.3, 0.4) is 0 Å². The highest BCUT2D eigenvalue weighted by Gasteiger charge is 2.46. The molecule has 2 atom stereocenters. The van der Waals surface area contributed by atoms with Gasteiger partial charge in [-0.1, -0.05) is 33.1 Å². The van der Waals surface area contributed by atoms with Crippen LogP contribution in [0.2, 0.25) is 0 Å². The van der Waals surface area contributed by atoms with Gasteiger partial charge in [-0.2, -0.15) is 11.8 Å². The summed E-state index contributed by atoms with van der Waals surface area (Å²) in [5.41, 5.74) is 6.48. The lowest BCUT2D eigenvalue weighted by atomic mass is 9.85. The fourth-order valence-electron chi connectivity index (χ4n) is 3.86. The molecule has 1 aliphatic heterocycles. The highest BCUT2D eigenvalue weighted by molar-refractivity contribution is 8.00. The molecular weight excluding hydrogens is 228 g/mol. The van der Waals surface area contributed by atoms with Crippen molar-refractivity contribution in [2.24, 2.45) is 5.73 Å². The Morgan fingerprint density at radius 3 is 2.47 bits per heavy atom. The van der Waals surface area contributed by atoms with Crippen LogP contribution in [0.25, 0.3) is 0 Å². The molecule has 0 aromatic heterocycles. The van der Waals surface area contributed by atoms with Gasteiger partial charge in [0.25, 0.3) is 0 Å². The highest BCUT2D eigenvalue weighted by Crippen LogP contribution is 2.42. The van der Waals surface area contributed by atoms with Gasteiger partial charge < -0.3 is 5.73 Å². The smallest absolute Gasteiger partial charge is 0.0458 e. The lowest BCUT2D eigenvalue weighted by molar-refractivity contribution is 0.0382. The molecule has 17 heavy (non-hydrogen) atoms. The number of nitrogens with zero attached hydrogens (tertiary/aromatic N) is 1. The van der Waals surface area contributed by atoms with Crippen molar-refractivity contribution in [3.05, 3.63) is 0 Å². The van der Waals surface area contributed by atoms with Gasteiger partial charge in [0.1, 0.15) is 0 Å². The summed E-state index contributed by atoms with van der Waals surface area (Å²) in [5.74, 6) is 1.29. The van der Waals surface area contributed by atoms with Crippen LogP contribution in [0, 0.1) is 0 Å². The Labute approximate surface area is 111 Å². The summed E-state index contributed by atoms with van der Waals surface area (Å²) >= 11 is 2.11. The van der Waals surface area contributed by atoms with Gasteiger partial charge in [-0.05, 0) is 31.6 Å². The van der Waals surface area contributed by atoms with Gasteiger partial charge in [0.15, 0.2) is 0 Å². The fraction of sp³-hybridized carbons (Fsp3) is 1.00. The summed E-state index contributed by atoms with van der Waals surface area (Å²) in [5, 5.41) is 0.703. The molecule has 1 aliphatic carbocycles. The molecule has 0 aromatic rings. The van der Waals surface area contributed by atoms with E-state index in [1.165, 1.54) is 50.8 Å². The van der Waals surface area contributed by atoms with Crippen molar-refractivity contribution in [2.75, 3.05) is 18.8 Å². The molecule has 0 spiro atoms. The van der Waals surface area contributed by atoms with Crippen molar-refractivity contribution in [3.8, 4) is 0 Å². The summed E-state index contributed by atoms with van der Waals surface area (Å²) < 4.78 is 0. The van der Waals surface area contributed by atoms with Crippen molar-refractivity contribution in [2.45, 2.75) is 69.2 Å². The molecule has 0 amide bonds. The van der Waals surface area contributed by atoms with Crippen LogP contribution in [-0.4, -0.2) is 40.6 Å². The maximum absolute atomic E-state index is 6.19. The van der Waals surface area contributed by atoms with Crippen LogP contribution in [-0.2, 0) is 0 Å². The van der Waals surface area contributed by atoms with Gasteiger partial charge in [-0.25, -0.2) is 0 Å². The van der Waals surface area contributed by atoms with E-state index in [4.69, 9.17) is 5.73 Å². The van der Waals surface area contributed by atoms with Crippen LogP contribution in [0.15, 0.2) is 0 Å². The number of likely N-dealkylation sites (N-methyl/N-ethyl adjacent to an activating group) is 1. The molecule has 2 nitrogen and oxygen atoms in total. The third-order valence-corrected chi connectivity index (χ3v) is 6.32. The zero-order valence-corrected chi connectivity index (χ0v) is 12.3. The first kappa shape index (κ1) is 13.7. The molecule has 1 heterocycles. The molecule has 2 rings (SSSR count). The quantitative estimate of drug-likeness (QED) is 0.838. The normalized spacial score (nSPS) is 35.6. The molecule has 1 saturated carbocycles. The predicted octanol–water partition coefficient (Wildman–Crippen LogP) is 2.86. The van der Waals surface area contributed by atoms with Crippen LogP contribution in [0.4, 0.5) is 0 Å². The summed E-state index contributed by atoms with van der Waals surface area (Å²) in [4.78, 5) is 2.77. The molecule has 2 N–H and O–H groups in total. The van der Waals surface area contributed by atoms with Crippen LogP contribution < -0.4 is 5.73 Å². The molecule has 2 fully saturated rings. The average molecular weight is 256 g/mol. The molecule has 0 radical (unpaired) electrons. The average Bonchev–Trinajstić information content (AvgIpc) is 2.74. The van der Waals surface area contributed by atoms with Gasteiger partial charge in [0.2, 0.25) is 0 Å². The number of thioether (sulfide) groups is 1. The Morgan fingerprint density at radius 2 is 2.00 bits per heavy atom. The predicted molar refractivity (Wildman–Crippen MR) is 77.6 cm³/mol. The second-order valence-corrected chi connectivity index (χ2v) is 7.10. The SMILES string of the molecule is CCN(C1CCCCC1)C1(CN)CCSC1C. The van der Waals surface area contributed by atoms with E-state index in [2.05, 4.69) is 30.5 Å². The van der Waals surface area contributed by atoms with Gasteiger partial charge in [-0.15, -0.1) is 0 Å².